The van der Waals surface area contributed by atoms with Gasteiger partial charge in [-0.25, -0.2) is 4.98 Å². The van der Waals surface area contributed by atoms with E-state index in [9.17, 15) is 4.79 Å². The van der Waals surface area contributed by atoms with E-state index in [1.807, 2.05) is 0 Å². The highest BCUT2D eigenvalue weighted by Gasteiger charge is 2.68. The summed E-state index contributed by atoms with van der Waals surface area (Å²) in [6.07, 6.45) is 3.34. The van der Waals surface area contributed by atoms with E-state index in [-0.39, 0.29) is 22.7 Å². The topological polar surface area (TPSA) is 57.8 Å². The summed E-state index contributed by atoms with van der Waals surface area (Å²) in [4.78, 5) is 18.9. The molecule has 0 radical (unpaired) electrons. The standard InChI is InChI=1S/C12H19N3O/c1-11(2)9(12(11,3)4)10(16)14-6-8-5-13-7-15-8/h5,7,9H,6H2,1-4H3,(H,13,15)(H,14,16). The number of imidazole rings is 1. The number of H-pyrrole nitrogens is 1. The number of aromatic amines is 1. The van der Waals surface area contributed by atoms with Crippen LogP contribution in [0.25, 0.3) is 0 Å². The molecule has 1 saturated carbocycles. The van der Waals surface area contributed by atoms with Crippen molar-refractivity contribution in [3.63, 3.8) is 0 Å². The molecule has 4 nitrogen and oxygen atoms in total. The predicted octanol–water partition coefficient (Wildman–Crippen LogP) is 1.71. The van der Waals surface area contributed by atoms with Crippen LogP contribution in [0.4, 0.5) is 0 Å². The smallest absolute Gasteiger partial charge is 0.224 e. The van der Waals surface area contributed by atoms with Gasteiger partial charge in [0, 0.05) is 12.1 Å². The third kappa shape index (κ3) is 1.52. The van der Waals surface area contributed by atoms with Gasteiger partial charge < -0.3 is 10.3 Å². The SMILES string of the molecule is CC1(C)C(C(=O)NCc2cnc[nH]2)C1(C)C. The van der Waals surface area contributed by atoms with Gasteiger partial charge in [0.05, 0.1) is 18.6 Å². The molecule has 1 amide bonds. The number of hydrogen-bond donors (Lipinski definition) is 2. The second kappa shape index (κ2) is 3.34. The van der Waals surface area contributed by atoms with Gasteiger partial charge in [-0.15, -0.1) is 0 Å². The average Bonchev–Trinajstić information content (AvgIpc) is 2.61. The first-order valence-electron chi connectivity index (χ1n) is 5.62. The van der Waals surface area contributed by atoms with E-state index in [1.165, 1.54) is 0 Å². The minimum absolute atomic E-state index is 0.102. The molecule has 2 N–H and O–H groups in total. The van der Waals surface area contributed by atoms with Crippen molar-refractivity contribution in [2.45, 2.75) is 34.2 Å². The summed E-state index contributed by atoms with van der Waals surface area (Å²) in [7, 11) is 0. The summed E-state index contributed by atoms with van der Waals surface area (Å²) in [5.74, 6) is 0.257. The quantitative estimate of drug-likeness (QED) is 0.816. The summed E-state index contributed by atoms with van der Waals surface area (Å²) < 4.78 is 0. The highest BCUT2D eigenvalue weighted by atomic mass is 16.2. The zero-order chi connectivity index (χ0) is 12.0. The van der Waals surface area contributed by atoms with E-state index >= 15 is 0 Å². The van der Waals surface area contributed by atoms with Crippen LogP contribution < -0.4 is 5.32 Å². The second-order valence-electron chi connectivity index (χ2n) is 5.67. The van der Waals surface area contributed by atoms with E-state index in [4.69, 9.17) is 0 Å². The van der Waals surface area contributed by atoms with Crippen LogP contribution in [-0.2, 0) is 11.3 Å². The van der Waals surface area contributed by atoms with Gasteiger partial charge in [-0.05, 0) is 10.8 Å². The third-order valence-corrected chi connectivity index (χ3v) is 4.29. The number of nitrogens with one attached hydrogen (secondary N) is 2. The highest BCUT2D eigenvalue weighted by molar-refractivity contribution is 5.84. The van der Waals surface area contributed by atoms with Crippen LogP contribution in [-0.4, -0.2) is 15.9 Å². The van der Waals surface area contributed by atoms with Crippen molar-refractivity contribution in [1.29, 1.82) is 0 Å². The van der Waals surface area contributed by atoms with E-state index in [0.717, 1.165) is 5.69 Å². The predicted molar refractivity (Wildman–Crippen MR) is 61.5 cm³/mol. The summed E-state index contributed by atoms with van der Waals surface area (Å²) in [5.41, 5.74) is 1.14. The lowest BCUT2D eigenvalue weighted by Gasteiger charge is -2.04. The molecule has 0 bridgehead atoms. The normalized spacial score (nSPS) is 21.8. The van der Waals surface area contributed by atoms with Crippen LogP contribution in [0, 0.1) is 16.7 Å². The third-order valence-electron chi connectivity index (χ3n) is 4.29. The molecule has 16 heavy (non-hydrogen) atoms. The van der Waals surface area contributed by atoms with Crippen molar-refractivity contribution in [2.24, 2.45) is 16.7 Å². The van der Waals surface area contributed by atoms with Gasteiger partial charge in [-0.2, -0.15) is 0 Å². The van der Waals surface area contributed by atoms with Crippen LogP contribution in [0.1, 0.15) is 33.4 Å². The maximum Gasteiger partial charge on any atom is 0.224 e. The van der Waals surface area contributed by atoms with Crippen LogP contribution in [0.5, 0.6) is 0 Å². The first-order chi connectivity index (χ1) is 7.37. The number of aromatic nitrogens is 2. The maximum absolute atomic E-state index is 12.0. The van der Waals surface area contributed by atoms with Crippen LogP contribution in [0.3, 0.4) is 0 Å². The molecule has 2 rings (SSSR count). The molecule has 0 aliphatic heterocycles. The van der Waals surface area contributed by atoms with Gasteiger partial charge in [-0.3, -0.25) is 4.79 Å². The fraction of sp³-hybridized carbons (Fsp3) is 0.667. The van der Waals surface area contributed by atoms with Crippen molar-refractivity contribution in [2.75, 3.05) is 0 Å². The summed E-state index contributed by atoms with van der Waals surface area (Å²) in [5, 5.41) is 2.95. The zero-order valence-corrected chi connectivity index (χ0v) is 10.3. The van der Waals surface area contributed by atoms with Crippen LogP contribution in [0.2, 0.25) is 0 Å². The minimum Gasteiger partial charge on any atom is -0.350 e. The summed E-state index contributed by atoms with van der Waals surface area (Å²) >= 11 is 0. The summed E-state index contributed by atoms with van der Waals surface area (Å²) in [6, 6.07) is 0. The Morgan fingerprint density at radius 1 is 1.44 bits per heavy atom. The lowest BCUT2D eigenvalue weighted by molar-refractivity contribution is -0.123. The van der Waals surface area contributed by atoms with Crippen LogP contribution >= 0.6 is 0 Å². The lowest BCUT2D eigenvalue weighted by Crippen LogP contribution is -2.27. The number of hydrogen-bond acceptors (Lipinski definition) is 2. The Labute approximate surface area is 95.9 Å². The number of carbonyl (C=O) groups excluding carboxylic acids is 1. The minimum atomic E-state index is 0.102. The molecule has 0 unspecified atom stereocenters. The van der Waals surface area contributed by atoms with Gasteiger partial charge in [0.1, 0.15) is 0 Å². The Bertz CT molecular complexity index is 378. The van der Waals surface area contributed by atoms with Crippen molar-refractivity contribution in [1.82, 2.24) is 15.3 Å². The van der Waals surface area contributed by atoms with Crippen molar-refractivity contribution in [3.05, 3.63) is 18.2 Å². The van der Waals surface area contributed by atoms with Crippen molar-refractivity contribution >= 4 is 5.91 Å². The Balaban J connectivity index is 1.91. The molecule has 1 aromatic heterocycles. The zero-order valence-electron chi connectivity index (χ0n) is 10.3. The first-order valence-corrected chi connectivity index (χ1v) is 5.62. The second-order valence-corrected chi connectivity index (χ2v) is 5.67. The highest BCUT2D eigenvalue weighted by Crippen LogP contribution is 2.68. The molecule has 4 heteroatoms. The van der Waals surface area contributed by atoms with Crippen LogP contribution in [0.15, 0.2) is 12.5 Å². The number of carbonyl (C=O) groups is 1. The monoisotopic (exact) mass is 221 g/mol. The molecule has 1 heterocycles. The number of nitrogens with zero attached hydrogens (tertiary/aromatic N) is 1. The molecule has 1 aliphatic rings. The Morgan fingerprint density at radius 2 is 2.06 bits per heavy atom. The molecule has 88 valence electrons. The van der Waals surface area contributed by atoms with E-state index in [2.05, 4.69) is 43.0 Å². The van der Waals surface area contributed by atoms with E-state index in [0.29, 0.717) is 6.54 Å². The first kappa shape index (κ1) is 11.2. The fourth-order valence-corrected chi connectivity index (χ4v) is 2.52. The summed E-state index contributed by atoms with van der Waals surface area (Å²) in [6.45, 7) is 9.11. The Hall–Kier alpha value is -1.32. The van der Waals surface area contributed by atoms with Gasteiger partial charge in [0.2, 0.25) is 5.91 Å². The molecule has 0 saturated heterocycles. The molecule has 1 fully saturated rings. The molecule has 1 aromatic rings. The molecule has 0 atom stereocenters. The Kier molecular flexibility index (Phi) is 2.33. The molecular formula is C12H19N3O. The average molecular weight is 221 g/mol. The van der Waals surface area contributed by atoms with Crippen molar-refractivity contribution < 1.29 is 4.79 Å². The lowest BCUT2D eigenvalue weighted by atomic mass is 10.0. The van der Waals surface area contributed by atoms with Gasteiger partial charge in [0.25, 0.3) is 0 Å². The Morgan fingerprint density at radius 3 is 2.50 bits per heavy atom. The maximum atomic E-state index is 12.0. The fourth-order valence-electron chi connectivity index (χ4n) is 2.52. The molecule has 0 aromatic carbocycles. The number of amides is 1. The largest absolute Gasteiger partial charge is 0.350 e. The number of rotatable bonds is 3. The van der Waals surface area contributed by atoms with Gasteiger partial charge >= 0.3 is 0 Å². The molecular weight excluding hydrogens is 202 g/mol. The van der Waals surface area contributed by atoms with Gasteiger partial charge in [0.15, 0.2) is 0 Å². The molecule has 1 aliphatic carbocycles. The molecule has 0 spiro atoms. The van der Waals surface area contributed by atoms with E-state index in [1.54, 1.807) is 12.5 Å². The van der Waals surface area contributed by atoms with Crippen molar-refractivity contribution in [3.8, 4) is 0 Å². The van der Waals surface area contributed by atoms with Gasteiger partial charge in [-0.1, -0.05) is 27.7 Å². The van der Waals surface area contributed by atoms with E-state index < -0.39 is 0 Å².